The summed E-state index contributed by atoms with van der Waals surface area (Å²) in [6.07, 6.45) is -2.70. The van der Waals surface area contributed by atoms with Gasteiger partial charge in [0.25, 0.3) is 5.91 Å². The summed E-state index contributed by atoms with van der Waals surface area (Å²) in [6.45, 7) is 4.62. The van der Waals surface area contributed by atoms with Crippen LogP contribution in [0.2, 0.25) is 0 Å². The second kappa shape index (κ2) is 7.84. The highest BCUT2D eigenvalue weighted by Gasteiger charge is 2.32. The zero-order valence-electron chi connectivity index (χ0n) is 15.4. The van der Waals surface area contributed by atoms with Crippen molar-refractivity contribution in [2.75, 3.05) is 5.32 Å². The third kappa shape index (κ3) is 4.76. The van der Waals surface area contributed by atoms with E-state index in [1.807, 2.05) is 36.9 Å². The summed E-state index contributed by atoms with van der Waals surface area (Å²) in [5.74, 6) is -0.568. The molecule has 0 bridgehead atoms. The Labute approximate surface area is 160 Å². The van der Waals surface area contributed by atoms with Crippen molar-refractivity contribution in [3.63, 3.8) is 0 Å². The standard InChI is InChI=1S/C20H19F3N4O/c1-13(12-27-10-9-14(2)26-27)15-5-3-6-16(11-15)24-19(28)17-7-4-8-18(25-17)20(21,22)23/h3-11,13H,12H2,1-2H3,(H,24,28). The minimum absolute atomic E-state index is 0.128. The Hall–Kier alpha value is -3.16. The number of pyridine rings is 1. The van der Waals surface area contributed by atoms with E-state index in [9.17, 15) is 18.0 Å². The SMILES string of the molecule is Cc1ccn(CC(C)c2cccc(NC(=O)c3cccc(C(F)(F)F)n3)c2)n1. The predicted octanol–water partition coefficient (Wildman–Crippen LogP) is 4.66. The first-order valence-corrected chi connectivity index (χ1v) is 8.68. The molecule has 0 aliphatic heterocycles. The van der Waals surface area contributed by atoms with Gasteiger partial charge in [-0.1, -0.05) is 25.1 Å². The molecule has 1 aromatic carbocycles. The molecule has 146 valence electrons. The zero-order valence-corrected chi connectivity index (χ0v) is 15.4. The van der Waals surface area contributed by atoms with E-state index < -0.39 is 17.8 Å². The first-order chi connectivity index (χ1) is 13.2. The number of amides is 1. The van der Waals surface area contributed by atoms with E-state index in [-0.39, 0.29) is 11.6 Å². The van der Waals surface area contributed by atoms with E-state index >= 15 is 0 Å². The highest BCUT2D eigenvalue weighted by atomic mass is 19.4. The maximum absolute atomic E-state index is 12.8. The van der Waals surface area contributed by atoms with Crippen LogP contribution >= 0.6 is 0 Å². The van der Waals surface area contributed by atoms with Gasteiger partial charge in [0.1, 0.15) is 11.4 Å². The van der Waals surface area contributed by atoms with Gasteiger partial charge in [0.05, 0.1) is 5.69 Å². The second-order valence-corrected chi connectivity index (χ2v) is 6.57. The quantitative estimate of drug-likeness (QED) is 0.692. The van der Waals surface area contributed by atoms with Crippen LogP contribution in [-0.4, -0.2) is 20.7 Å². The summed E-state index contributed by atoms with van der Waals surface area (Å²) >= 11 is 0. The van der Waals surface area contributed by atoms with E-state index in [4.69, 9.17) is 0 Å². The van der Waals surface area contributed by atoms with Crippen molar-refractivity contribution in [1.82, 2.24) is 14.8 Å². The molecule has 0 aliphatic rings. The fourth-order valence-electron chi connectivity index (χ4n) is 2.79. The van der Waals surface area contributed by atoms with Crippen molar-refractivity contribution in [1.29, 1.82) is 0 Å². The fraction of sp³-hybridized carbons (Fsp3) is 0.250. The third-order valence-electron chi connectivity index (χ3n) is 4.22. The molecule has 1 unspecified atom stereocenters. The number of benzene rings is 1. The molecule has 8 heteroatoms. The summed E-state index contributed by atoms with van der Waals surface area (Å²) < 4.78 is 40.2. The maximum Gasteiger partial charge on any atom is 0.433 e. The van der Waals surface area contributed by atoms with Gasteiger partial charge in [-0.2, -0.15) is 18.3 Å². The molecule has 2 aromatic heterocycles. The lowest BCUT2D eigenvalue weighted by Crippen LogP contribution is -2.17. The molecule has 0 saturated carbocycles. The molecule has 0 saturated heterocycles. The van der Waals surface area contributed by atoms with Crippen molar-refractivity contribution >= 4 is 11.6 Å². The average Bonchev–Trinajstić information content (AvgIpc) is 3.06. The van der Waals surface area contributed by atoms with Gasteiger partial charge < -0.3 is 5.32 Å². The number of anilines is 1. The summed E-state index contributed by atoms with van der Waals surface area (Å²) in [4.78, 5) is 15.7. The first kappa shape index (κ1) is 19.6. The molecule has 0 aliphatic carbocycles. The molecule has 28 heavy (non-hydrogen) atoms. The summed E-state index contributed by atoms with van der Waals surface area (Å²) in [6, 6.07) is 12.4. The Balaban J connectivity index is 1.73. The van der Waals surface area contributed by atoms with Gasteiger partial charge in [0, 0.05) is 24.3 Å². The lowest BCUT2D eigenvalue weighted by molar-refractivity contribution is -0.141. The fourth-order valence-corrected chi connectivity index (χ4v) is 2.79. The van der Waals surface area contributed by atoms with Gasteiger partial charge >= 0.3 is 6.18 Å². The Morgan fingerprint density at radius 2 is 1.93 bits per heavy atom. The van der Waals surface area contributed by atoms with Crippen LogP contribution in [0.5, 0.6) is 0 Å². The van der Waals surface area contributed by atoms with Gasteiger partial charge in [0.15, 0.2) is 0 Å². The first-order valence-electron chi connectivity index (χ1n) is 8.68. The van der Waals surface area contributed by atoms with Crippen molar-refractivity contribution in [2.24, 2.45) is 0 Å². The number of aromatic nitrogens is 3. The van der Waals surface area contributed by atoms with E-state index in [1.165, 1.54) is 6.07 Å². The topological polar surface area (TPSA) is 59.8 Å². The van der Waals surface area contributed by atoms with Crippen LogP contribution in [0, 0.1) is 6.92 Å². The normalized spacial score (nSPS) is 12.6. The van der Waals surface area contributed by atoms with Crippen LogP contribution < -0.4 is 5.32 Å². The van der Waals surface area contributed by atoms with Gasteiger partial charge in [-0.25, -0.2) is 4.98 Å². The van der Waals surface area contributed by atoms with Crippen molar-refractivity contribution in [2.45, 2.75) is 32.5 Å². The number of nitrogens with one attached hydrogen (secondary N) is 1. The number of hydrogen-bond donors (Lipinski definition) is 1. The number of rotatable bonds is 5. The number of carbonyl (C=O) groups is 1. The number of carbonyl (C=O) groups excluding carboxylic acids is 1. The van der Waals surface area contributed by atoms with Gasteiger partial charge in [-0.3, -0.25) is 9.48 Å². The third-order valence-corrected chi connectivity index (χ3v) is 4.22. The number of hydrogen-bond acceptors (Lipinski definition) is 3. The number of nitrogens with zero attached hydrogens (tertiary/aromatic N) is 3. The highest BCUT2D eigenvalue weighted by molar-refractivity contribution is 6.02. The second-order valence-electron chi connectivity index (χ2n) is 6.57. The molecule has 1 atom stereocenters. The molecular weight excluding hydrogens is 369 g/mol. The molecule has 2 heterocycles. The smallest absolute Gasteiger partial charge is 0.321 e. The lowest BCUT2D eigenvalue weighted by atomic mass is 10.0. The van der Waals surface area contributed by atoms with Crippen LogP contribution in [0.25, 0.3) is 0 Å². The maximum atomic E-state index is 12.8. The molecule has 1 amide bonds. The van der Waals surface area contributed by atoms with Crippen LogP contribution in [0.3, 0.4) is 0 Å². The molecule has 0 fully saturated rings. The average molecular weight is 388 g/mol. The summed E-state index contributed by atoms with van der Waals surface area (Å²) in [5.41, 5.74) is 1.01. The summed E-state index contributed by atoms with van der Waals surface area (Å²) in [5, 5.41) is 6.97. The minimum atomic E-state index is -4.60. The van der Waals surface area contributed by atoms with Crippen LogP contribution in [0.1, 0.15) is 40.3 Å². The molecule has 1 N–H and O–H groups in total. The molecule has 3 rings (SSSR count). The Morgan fingerprint density at radius 3 is 2.61 bits per heavy atom. The van der Waals surface area contributed by atoms with E-state index in [2.05, 4.69) is 15.4 Å². The van der Waals surface area contributed by atoms with Gasteiger partial charge in [-0.15, -0.1) is 0 Å². The molecule has 5 nitrogen and oxygen atoms in total. The largest absolute Gasteiger partial charge is 0.433 e. The zero-order chi connectivity index (χ0) is 20.3. The number of halogens is 3. The van der Waals surface area contributed by atoms with Crippen LogP contribution in [-0.2, 0) is 12.7 Å². The highest BCUT2D eigenvalue weighted by Crippen LogP contribution is 2.27. The van der Waals surface area contributed by atoms with Gasteiger partial charge in [0.2, 0.25) is 0 Å². The minimum Gasteiger partial charge on any atom is -0.321 e. The monoisotopic (exact) mass is 388 g/mol. The van der Waals surface area contributed by atoms with Crippen molar-refractivity contribution in [3.8, 4) is 0 Å². The van der Waals surface area contributed by atoms with Crippen molar-refractivity contribution < 1.29 is 18.0 Å². The van der Waals surface area contributed by atoms with E-state index in [1.54, 1.807) is 18.2 Å². The van der Waals surface area contributed by atoms with Gasteiger partial charge in [-0.05, 0) is 42.8 Å². The predicted molar refractivity (Wildman–Crippen MR) is 99.0 cm³/mol. The summed E-state index contributed by atoms with van der Waals surface area (Å²) in [7, 11) is 0. The number of aryl methyl sites for hydroxylation is 1. The van der Waals surface area contributed by atoms with E-state index in [0.717, 1.165) is 23.4 Å². The molecule has 3 aromatic rings. The Bertz CT molecular complexity index is 981. The van der Waals surface area contributed by atoms with E-state index in [0.29, 0.717) is 12.2 Å². The lowest BCUT2D eigenvalue weighted by Gasteiger charge is -2.14. The molecular formula is C20H19F3N4O. The Morgan fingerprint density at radius 1 is 1.18 bits per heavy atom. The van der Waals surface area contributed by atoms with Crippen LogP contribution in [0.4, 0.5) is 18.9 Å². The Kier molecular flexibility index (Phi) is 5.48. The molecule has 0 radical (unpaired) electrons. The van der Waals surface area contributed by atoms with Crippen LogP contribution in [0.15, 0.2) is 54.7 Å². The number of alkyl halides is 3. The molecule has 0 spiro atoms. The van der Waals surface area contributed by atoms with Crippen molar-refractivity contribution in [3.05, 3.63) is 77.4 Å².